The summed E-state index contributed by atoms with van der Waals surface area (Å²) < 4.78 is 22.5. The van der Waals surface area contributed by atoms with Crippen LogP contribution in [0.15, 0.2) is 53.6 Å². The monoisotopic (exact) mass is 371 g/mol. The number of fused-ring (bicyclic) bond motifs is 1. The Balaban J connectivity index is 1.87. The number of hydrogen-bond acceptors (Lipinski definition) is 5. The van der Waals surface area contributed by atoms with Gasteiger partial charge in [0.25, 0.3) is 0 Å². The van der Waals surface area contributed by atoms with E-state index in [-0.39, 0.29) is 0 Å². The third-order valence-corrected chi connectivity index (χ3v) is 5.13. The second kappa shape index (κ2) is 7.23. The van der Waals surface area contributed by atoms with Gasteiger partial charge in [-0.15, -0.1) is 0 Å². The van der Waals surface area contributed by atoms with Gasteiger partial charge in [-0.3, -0.25) is 10.1 Å². The molecule has 1 atom stereocenters. The summed E-state index contributed by atoms with van der Waals surface area (Å²) in [5.41, 5.74) is 2.69. The number of aromatic nitrogens is 1. The number of hydrogen-bond donors (Lipinski definition) is 2. The molecule has 3 rings (SSSR count). The highest BCUT2D eigenvalue weighted by atomic mass is 32.2. The maximum atomic E-state index is 11.8. The van der Waals surface area contributed by atoms with Crippen LogP contribution in [0.3, 0.4) is 0 Å². The Labute approximate surface area is 153 Å². The smallest absolute Gasteiger partial charge is 0.187 e. The second-order valence-electron chi connectivity index (χ2n) is 5.78. The van der Waals surface area contributed by atoms with Crippen LogP contribution in [0, 0.1) is 0 Å². The number of methoxy groups -OCH3 is 2. The number of pyridine rings is 1. The molecule has 1 unspecified atom stereocenters. The first-order valence-electron chi connectivity index (χ1n) is 7.91. The summed E-state index contributed by atoms with van der Waals surface area (Å²) in [6.07, 6.45) is 1.72. The standard InChI is InChI=1S/C19H21N3O3S/c1-24-17-9-8-15-16(10-11-21-18(15)19(17)25-2)22-12-13-4-6-14(7-5-13)26(3,20)23/h4-11H,3,12H2,1-2H3,(H2,20,23)(H,21,22). The van der Waals surface area contributed by atoms with Crippen molar-refractivity contribution in [1.82, 2.24) is 4.98 Å². The van der Waals surface area contributed by atoms with Gasteiger partial charge in [-0.05, 0) is 41.8 Å². The zero-order valence-corrected chi connectivity index (χ0v) is 15.5. The lowest BCUT2D eigenvalue weighted by molar-refractivity contribution is 0.358. The minimum atomic E-state index is -2.68. The minimum Gasteiger partial charge on any atom is -0.493 e. The number of anilines is 1. The van der Waals surface area contributed by atoms with Crippen LogP contribution in [0.5, 0.6) is 11.5 Å². The lowest BCUT2D eigenvalue weighted by Gasteiger charge is -2.14. The molecule has 26 heavy (non-hydrogen) atoms. The zero-order chi connectivity index (χ0) is 18.7. The highest BCUT2D eigenvalue weighted by Crippen LogP contribution is 2.36. The van der Waals surface area contributed by atoms with Crippen molar-refractivity contribution in [3.8, 4) is 11.5 Å². The van der Waals surface area contributed by atoms with Crippen LogP contribution in [0.25, 0.3) is 10.9 Å². The van der Waals surface area contributed by atoms with Gasteiger partial charge in [0, 0.05) is 28.7 Å². The molecule has 0 aliphatic carbocycles. The molecule has 7 heteroatoms. The molecule has 0 saturated heterocycles. The van der Waals surface area contributed by atoms with E-state index in [0.717, 1.165) is 22.2 Å². The Morgan fingerprint density at radius 1 is 1.12 bits per heavy atom. The third-order valence-electron chi connectivity index (χ3n) is 4.06. The quantitative estimate of drug-likeness (QED) is 0.651. The van der Waals surface area contributed by atoms with Gasteiger partial charge in [-0.25, -0.2) is 4.21 Å². The lowest BCUT2D eigenvalue weighted by Crippen LogP contribution is -2.11. The van der Waals surface area contributed by atoms with Crippen molar-refractivity contribution < 1.29 is 13.7 Å². The van der Waals surface area contributed by atoms with Crippen LogP contribution < -0.4 is 19.9 Å². The normalized spacial score (nSPS) is 13.2. The first-order chi connectivity index (χ1) is 12.4. The van der Waals surface area contributed by atoms with Crippen molar-refractivity contribution in [3.63, 3.8) is 0 Å². The fourth-order valence-electron chi connectivity index (χ4n) is 2.72. The van der Waals surface area contributed by atoms with Crippen LogP contribution >= 0.6 is 0 Å². The van der Waals surface area contributed by atoms with Gasteiger partial charge in [-0.2, -0.15) is 0 Å². The number of ether oxygens (including phenoxy) is 2. The highest BCUT2D eigenvalue weighted by molar-refractivity contribution is 7.98. The predicted molar refractivity (Wildman–Crippen MR) is 106 cm³/mol. The summed E-state index contributed by atoms with van der Waals surface area (Å²) in [7, 11) is 0.510. The maximum absolute atomic E-state index is 11.8. The van der Waals surface area contributed by atoms with E-state index < -0.39 is 9.71 Å². The Hall–Kier alpha value is -2.77. The topological polar surface area (TPSA) is 86.5 Å². The second-order valence-corrected chi connectivity index (χ2v) is 7.70. The summed E-state index contributed by atoms with van der Waals surface area (Å²) in [6.45, 7) is 0.594. The molecule has 0 saturated carbocycles. The highest BCUT2D eigenvalue weighted by Gasteiger charge is 2.12. The van der Waals surface area contributed by atoms with Gasteiger partial charge < -0.3 is 14.8 Å². The van der Waals surface area contributed by atoms with Crippen LogP contribution in [0.2, 0.25) is 0 Å². The molecular formula is C19H21N3O3S. The van der Waals surface area contributed by atoms with Gasteiger partial charge in [0.1, 0.15) is 5.52 Å². The van der Waals surface area contributed by atoms with Gasteiger partial charge in [0.2, 0.25) is 0 Å². The Morgan fingerprint density at radius 2 is 1.85 bits per heavy atom. The Bertz CT molecular complexity index is 1030. The minimum absolute atomic E-state index is 0.535. The summed E-state index contributed by atoms with van der Waals surface area (Å²) in [5.74, 6) is 4.73. The first-order valence-corrected chi connectivity index (χ1v) is 9.70. The van der Waals surface area contributed by atoms with E-state index in [9.17, 15) is 4.21 Å². The number of benzene rings is 2. The average Bonchev–Trinajstić information content (AvgIpc) is 2.64. The molecule has 0 bridgehead atoms. The van der Waals surface area contributed by atoms with E-state index in [1.807, 2.05) is 30.3 Å². The molecule has 1 aromatic heterocycles. The Morgan fingerprint density at radius 3 is 2.46 bits per heavy atom. The molecule has 0 amide bonds. The van der Waals surface area contributed by atoms with Crippen molar-refractivity contribution in [2.24, 2.45) is 5.14 Å². The molecule has 0 spiro atoms. The molecular weight excluding hydrogens is 350 g/mol. The van der Waals surface area contributed by atoms with Crippen molar-refractivity contribution in [1.29, 1.82) is 0 Å². The predicted octanol–water partition coefficient (Wildman–Crippen LogP) is 2.81. The van der Waals surface area contributed by atoms with Crippen molar-refractivity contribution in [2.45, 2.75) is 11.4 Å². The van der Waals surface area contributed by atoms with Crippen LogP contribution in [-0.4, -0.2) is 29.3 Å². The fourth-order valence-corrected chi connectivity index (χ4v) is 3.32. The molecule has 0 aliphatic rings. The van der Waals surface area contributed by atoms with E-state index in [0.29, 0.717) is 22.9 Å². The van der Waals surface area contributed by atoms with Gasteiger partial charge in [-0.1, -0.05) is 12.1 Å². The molecule has 3 aromatic rings. The lowest BCUT2D eigenvalue weighted by atomic mass is 10.1. The van der Waals surface area contributed by atoms with E-state index in [1.165, 1.54) is 0 Å². The Kier molecular flexibility index (Phi) is 5.01. The fraction of sp³-hybridized carbons (Fsp3) is 0.158. The summed E-state index contributed by atoms with van der Waals surface area (Å²) in [4.78, 5) is 4.95. The van der Waals surface area contributed by atoms with Gasteiger partial charge in [0.05, 0.1) is 23.9 Å². The largest absolute Gasteiger partial charge is 0.493 e. The molecule has 2 aromatic carbocycles. The molecule has 136 valence electrons. The molecule has 3 N–H and O–H groups in total. The number of nitrogens with two attached hydrogens (primary N) is 1. The van der Waals surface area contributed by atoms with E-state index in [4.69, 9.17) is 14.6 Å². The summed E-state index contributed by atoms with van der Waals surface area (Å²) in [6, 6.07) is 13.0. The van der Waals surface area contributed by atoms with Crippen molar-refractivity contribution in [3.05, 3.63) is 54.2 Å². The van der Waals surface area contributed by atoms with E-state index in [1.54, 1.807) is 32.5 Å². The zero-order valence-electron chi connectivity index (χ0n) is 14.7. The van der Waals surface area contributed by atoms with E-state index in [2.05, 4.69) is 16.2 Å². The molecule has 6 nitrogen and oxygen atoms in total. The number of nitrogens with zero attached hydrogens (tertiary/aromatic N) is 1. The molecule has 0 radical (unpaired) electrons. The van der Waals surface area contributed by atoms with Gasteiger partial charge in [0.15, 0.2) is 11.5 Å². The van der Waals surface area contributed by atoms with Gasteiger partial charge >= 0.3 is 0 Å². The number of rotatable bonds is 6. The van der Waals surface area contributed by atoms with E-state index >= 15 is 0 Å². The first kappa shape index (κ1) is 18.0. The molecule has 1 heterocycles. The summed E-state index contributed by atoms with van der Waals surface area (Å²) >= 11 is 0. The van der Waals surface area contributed by atoms with Crippen LogP contribution in [0.1, 0.15) is 5.56 Å². The average molecular weight is 371 g/mol. The third kappa shape index (κ3) is 3.58. The van der Waals surface area contributed by atoms with Crippen molar-refractivity contribution >= 4 is 32.2 Å². The molecule has 0 aliphatic heterocycles. The van der Waals surface area contributed by atoms with Crippen LogP contribution in [-0.2, 0) is 16.3 Å². The number of nitrogens with one attached hydrogen (secondary N) is 1. The van der Waals surface area contributed by atoms with Crippen molar-refractivity contribution in [2.75, 3.05) is 19.5 Å². The van der Waals surface area contributed by atoms with Crippen LogP contribution in [0.4, 0.5) is 5.69 Å². The maximum Gasteiger partial charge on any atom is 0.187 e. The molecule has 0 fully saturated rings. The SMILES string of the molecule is C=S(N)(=O)c1ccc(CNc2ccnc3c(OC)c(OC)ccc23)cc1. The summed E-state index contributed by atoms with van der Waals surface area (Å²) in [5, 5.41) is 9.89.